The van der Waals surface area contributed by atoms with Crippen molar-refractivity contribution in [1.29, 1.82) is 0 Å². The Balaban J connectivity index is 2.05. The molecular weight excluding hydrogens is 317 g/mol. The highest BCUT2D eigenvalue weighted by molar-refractivity contribution is 14.1. The average molecular weight is 329 g/mol. The number of anilines is 1. The zero-order valence-corrected chi connectivity index (χ0v) is 11.4. The van der Waals surface area contributed by atoms with E-state index in [-0.39, 0.29) is 0 Å². The monoisotopic (exact) mass is 329 g/mol. The molecule has 0 aliphatic heterocycles. The Bertz CT molecular complexity index is 437. The third kappa shape index (κ3) is 2.95. The van der Waals surface area contributed by atoms with Gasteiger partial charge in [0, 0.05) is 20.7 Å². The number of halogens is 1. The third-order valence-corrected chi connectivity index (χ3v) is 3.77. The van der Waals surface area contributed by atoms with Crippen molar-refractivity contribution in [3.05, 3.63) is 49.7 Å². The predicted octanol–water partition coefficient (Wildman–Crippen LogP) is 4.27. The summed E-state index contributed by atoms with van der Waals surface area (Å²) in [7, 11) is 0. The Kier molecular flexibility index (Phi) is 3.64. The van der Waals surface area contributed by atoms with Crippen molar-refractivity contribution in [1.82, 2.24) is 0 Å². The second kappa shape index (κ2) is 4.99. The molecule has 78 valence electrons. The molecule has 3 heteroatoms. The van der Waals surface area contributed by atoms with Crippen molar-refractivity contribution >= 4 is 39.6 Å². The van der Waals surface area contributed by atoms with Gasteiger partial charge in [-0.3, -0.25) is 0 Å². The first kappa shape index (κ1) is 11.0. The van der Waals surface area contributed by atoms with Gasteiger partial charge in [0.15, 0.2) is 0 Å². The van der Waals surface area contributed by atoms with Crippen LogP contribution in [0.1, 0.15) is 10.4 Å². The first-order chi connectivity index (χ1) is 7.25. The van der Waals surface area contributed by atoms with Gasteiger partial charge in [-0.25, -0.2) is 0 Å². The van der Waals surface area contributed by atoms with Crippen LogP contribution in [0.3, 0.4) is 0 Å². The number of benzene rings is 1. The van der Waals surface area contributed by atoms with Gasteiger partial charge in [-0.1, -0.05) is 6.07 Å². The molecule has 0 radical (unpaired) electrons. The minimum atomic E-state index is 0.916. The van der Waals surface area contributed by atoms with Crippen molar-refractivity contribution in [3.63, 3.8) is 0 Å². The fraction of sp³-hybridized carbons (Fsp3) is 0.167. The van der Waals surface area contributed by atoms with Crippen molar-refractivity contribution in [3.8, 4) is 0 Å². The van der Waals surface area contributed by atoms with Crippen LogP contribution in [0.15, 0.2) is 35.7 Å². The van der Waals surface area contributed by atoms with Gasteiger partial charge in [0.25, 0.3) is 0 Å². The molecule has 1 heterocycles. The van der Waals surface area contributed by atoms with E-state index in [0.717, 1.165) is 6.54 Å². The van der Waals surface area contributed by atoms with Crippen LogP contribution in [0.25, 0.3) is 0 Å². The van der Waals surface area contributed by atoms with Crippen LogP contribution in [0.4, 0.5) is 5.69 Å². The summed E-state index contributed by atoms with van der Waals surface area (Å²) in [4.78, 5) is 1.37. The molecular formula is C12H12INS. The number of rotatable bonds is 3. The maximum absolute atomic E-state index is 3.45. The Labute approximate surface area is 108 Å². The molecule has 2 rings (SSSR count). The Morgan fingerprint density at radius 2 is 2.20 bits per heavy atom. The van der Waals surface area contributed by atoms with Crippen LogP contribution < -0.4 is 5.32 Å². The number of thiophene rings is 1. The molecule has 1 N–H and O–H groups in total. The van der Waals surface area contributed by atoms with E-state index < -0.39 is 0 Å². The van der Waals surface area contributed by atoms with Crippen LogP contribution >= 0.6 is 33.9 Å². The van der Waals surface area contributed by atoms with E-state index in [1.54, 1.807) is 11.3 Å². The van der Waals surface area contributed by atoms with Gasteiger partial charge in [0.1, 0.15) is 0 Å². The minimum absolute atomic E-state index is 0.916. The van der Waals surface area contributed by atoms with Gasteiger partial charge in [0.05, 0.1) is 0 Å². The summed E-state index contributed by atoms with van der Waals surface area (Å²) in [6, 6.07) is 10.7. The average Bonchev–Trinajstić information content (AvgIpc) is 2.69. The van der Waals surface area contributed by atoms with E-state index in [0.29, 0.717) is 0 Å². The summed E-state index contributed by atoms with van der Waals surface area (Å²) in [5, 5.41) is 5.56. The van der Waals surface area contributed by atoms with Gasteiger partial charge in [0.2, 0.25) is 0 Å². The predicted molar refractivity (Wildman–Crippen MR) is 75.5 cm³/mol. The smallest absolute Gasteiger partial charge is 0.0494 e. The molecule has 1 nitrogen and oxygen atoms in total. The van der Waals surface area contributed by atoms with Crippen molar-refractivity contribution in [2.75, 3.05) is 5.32 Å². The van der Waals surface area contributed by atoms with Gasteiger partial charge < -0.3 is 5.32 Å². The maximum Gasteiger partial charge on any atom is 0.0494 e. The first-order valence-electron chi connectivity index (χ1n) is 4.78. The summed E-state index contributed by atoms with van der Waals surface area (Å²) in [5.41, 5.74) is 2.53. The van der Waals surface area contributed by atoms with Crippen molar-refractivity contribution in [2.45, 2.75) is 13.5 Å². The molecule has 0 fully saturated rings. The van der Waals surface area contributed by atoms with E-state index in [1.165, 1.54) is 19.7 Å². The lowest BCUT2D eigenvalue weighted by Gasteiger charge is -2.08. The standard InChI is InChI=1S/C12H12INS/c1-9-7-10(13)4-5-12(9)14-8-11-3-2-6-15-11/h2-7,14H,8H2,1H3. The summed E-state index contributed by atoms with van der Waals surface area (Å²) in [5.74, 6) is 0. The molecule has 1 aromatic heterocycles. The van der Waals surface area contributed by atoms with E-state index in [1.807, 2.05) is 0 Å². The molecule has 0 saturated heterocycles. The highest BCUT2D eigenvalue weighted by atomic mass is 127. The van der Waals surface area contributed by atoms with Crippen molar-refractivity contribution < 1.29 is 0 Å². The number of nitrogens with one attached hydrogen (secondary N) is 1. The van der Waals surface area contributed by atoms with E-state index >= 15 is 0 Å². The van der Waals surface area contributed by atoms with Crippen LogP contribution in [0.2, 0.25) is 0 Å². The highest BCUT2D eigenvalue weighted by Crippen LogP contribution is 2.19. The molecule has 1 aromatic carbocycles. The van der Waals surface area contributed by atoms with E-state index in [9.17, 15) is 0 Å². The topological polar surface area (TPSA) is 12.0 Å². The number of hydrogen-bond acceptors (Lipinski definition) is 2. The third-order valence-electron chi connectivity index (χ3n) is 2.22. The second-order valence-corrected chi connectivity index (χ2v) is 5.67. The van der Waals surface area contributed by atoms with Crippen LogP contribution in [0.5, 0.6) is 0 Å². The maximum atomic E-state index is 3.45. The molecule has 0 unspecified atom stereocenters. The minimum Gasteiger partial charge on any atom is -0.380 e. The lowest BCUT2D eigenvalue weighted by Crippen LogP contribution is -1.99. The zero-order chi connectivity index (χ0) is 10.7. The van der Waals surface area contributed by atoms with Crippen LogP contribution in [0, 0.1) is 10.5 Å². The summed E-state index contributed by atoms with van der Waals surface area (Å²) in [6.07, 6.45) is 0. The van der Waals surface area contributed by atoms with Gasteiger partial charge in [-0.15, -0.1) is 11.3 Å². The molecule has 0 aliphatic rings. The Morgan fingerprint density at radius 3 is 2.87 bits per heavy atom. The lowest BCUT2D eigenvalue weighted by molar-refractivity contribution is 1.18. The van der Waals surface area contributed by atoms with Gasteiger partial charge >= 0.3 is 0 Å². The molecule has 0 amide bonds. The van der Waals surface area contributed by atoms with Crippen LogP contribution in [-0.4, -0.2) is 0 Å². The largest absolute Gasteiger partial charge is 0.380 e. The molecule has 0 atom stereocenters. The van der Waals surface area contributed by atoms with E-state index in [2.05, 4.69) is 70.5 Å². The molecule has 0 bridgehead atoms. The number of hydrogen-bond donors (Lipinski definition) is 1. The summed E-state index contributed by atoms with van der Waals surface area (Å²) in [6.45, 7) is 3.05. The van der Waals surface area contributed by atoms with Gasteiger partial charge in [-0.05, 0) is 64.7 Å². The highest BCUT2D eigenvalue weighted by Gasteiger charge is 1.99. The molecule has 0 spiro atoms. The summed E-state index contributed by atoms with van der Waals surface area (Å²) >= 11 is 4.12. The summed E-state index contributed by atoms with van der Waals surface area (Å²) < 4.78 is 1.28. The molecule has 2 aromatic rings. The van der Waals surface area contributed by atoms with E-state index in [4.69, 9.17) is 0 Å². The molecule has 0 aliphatic carbocycles. The molecule has 0 saturated carbocycles. The SMILES string of the molecule is Cc1cc(I)ccc1NCc1cccs1. The second-order valence-electron chi connectivity index (χ2n) is 3.39. The van der Waals surface area contributed by atoms with Gasteiger partial charge in [-0.2, -0.15) is 0 Å². The zero-order valence-electron chi connectivity index (χ0n) is 8.46. The normalized spacial score (nSPS) is 10.3. The fourth-order valence-electron chi connectivity index (χ4n) is 1.42. The van der Waals surface area contributed by atoms with Crippen molar-refractivity contribution in [2.24, 2.45) is 0 Å². The lowest BCUT2D eigenvalue weighted by atomic mass is 10.2. The Morgan fingerprint density at radius 1 is 1.33 bits per heavy atom. The number of aryl methyl sites for hydroxylation is 1. The Hall–Kier alpha value is -0.550. The molecule has 15 heavy (non-hydrogen) atoms. The fourth-order valence-corrected chi connectivity index (χ4v) is 2.71. The first-order valence-corrected chi connectivity index (χ1v) is 6.74. The quantitative estimate of drug-likeness (QED) is 0.829. The van der Waals surface area contributed by atoms with Crippen LogP contribution in [-0.2, 0) is 6.54 Å².